The van der Waals surface area contributed by atoms with Crippen LogP contribution >= 0.6 is 0 Å². The van der Waals surface area contributed by atoms with Crippen molar-refractivity contribution in [3.63, 3.8) is 0 Å². The predicted octanol–water partition coefficient (Wildman–Crippen LogP) is 3.43. The van der Waals surface area contributed by atoms with E-state index in [2.05, 4.69) is 10.1 Å². The molecule has 3 rings (SSSR count). The number of nitrogens with one attached hydrogen (secondary N) is 1. The van der Waals surface area contributed by atoms with Gasteiger partial charge in [-0.2, -0.15) is 0 Å². The summed E-state index contributed by atoms with van der Waals surface area (Å²) in [6.07, 6.45) is -4.64. The molecule has 1 N–H and O–H groups in total. The zero-order chi connectivity index (χ0) is 21.0. The molecule has 29 heavy (non-hydrogen) atoms. The molecule has 3 aromatic rings. The van der Waals surface area contributed by atoms with E-state index in [0.29, 0.717) is 12.1 Å². The van der Waals surface area contributed by atoms with Crippen molar-refractivity contribution in [3.8, 4) is 5.75 Å². The maximum absolute atomic E-state index is 12.5. The number of halogens is 3. The summed E-state index contributed by atoms with van der Waals surface area (Å²) in [5.41, 5.74) is 2.06. The van der Waals surface area contributed by atoms with Crippen molar-refractivity contribution in [2.75, 3.05) is 0 Å². The van der Waals surface area contributed by atoms with Gasteiger partial charge in [0.2, 0.25) is 5.91 Å². The number of imidazole rings is 1. The Bertz CT molecular complexity index is 1050. The first-order chi connectivity index (χ1) is 13.8. The lowest BCUT2D eigenvalue weighted by molar-refractivity contribution is -0.274. The number of carbonyl (C=O) groups excluding carboxylic acids is 1. The van der Waals surface area contributed by atoms with E-state index in [1.807, 2.05) is 31.2 Å². The minimum absolute atomic E-state index is 0.104. The van der Waals surface area contributed by atoms with Gasteiger partial charge in [0.1, 0.15) is 5.75 Å². The fraction of sp³-hybridized carbons (Fsp3) is 0.300. The van der Waals surface area contributed by atoms with Crippen LogP contribution in [-0.4, -0.2) is 21.4 Å². The van der Waals surface area contributed by atoms with Gasteiger partial charge in [-0.1, -0.05) is 24.3 Å². The summed E-state index contributed by atoms with van der Waals surface area (Å²) in [6, 6.07) is 12.7. The van der Waals surface area contributed by atoms with E-state index in [1.54, 1.807) is 9.13 Å². The number of ether oxygens (including phenoxy) is 1. The second-order valence-corrected chi connectivity index (χ2v) is 6.39. The number of fused-ring (bicyclic) bond motifs is 1. The number of amides is 1. The monoisotopic (exact) mass is 407 g/mol. The minimum Gasteiger partial charge on any atom is -0.406 e. The van der Waals surface area contributed by atoms with Gasteiger partial charge < -0.3 is 10.1 Å². The largest absolute Gasteiger partial charge is 0.573 e. The number of aromatic nitrogens is 2. The number of rotatable bonds is 7. The highest BCUT2D eigenvalue weighted by Gasteiger charge is 2.30. The summed E-state index contributed by atoms with van der Waals surface area (Å²) in [5.74, 6) is -0.583. The average Bonchev–Trinajstić information content (AvgIpc) is 2.95. The third-order valence-corrected chi connectivity index (χ3v) is 4.45. The molecule has 2 aromatic carbocycles. The van der Waals surface area contributed by atoms with Crippen molar-refractivity contribution in [2.45, 2.75) is 39.3 Å². The van der Waals surface area contributed by atoms with Gasteiger partial charge in [-0.15, -0.1) is 13.2 Å². The number of nitrogens with zero attached hydrogens (tertiary/aromatic N) is 2. The Kier molecular flexibility index (Phi) is 5.95. The Morgan fingerprint density at radius 1 is 1.03 bits per heavy atom. The average molecular weight is 407 g/mol. The number of alkyl halides is 3. The molecule has 0 unspecified atom stereocenters. The summed E-state index contributed by atoms with van der Waals surface area (Å²) in [5, 5.41) is 2.70. The number of para-hydroxylation sites is 2. The van der Waals surface area contributed by atoms with Crippen LogP contribution in [0.15, 0.2) is 53.3 Å². The molecule has 0 aliphatic rings. The standard InChI is InChI=1S/C20H20F3N3O3/c1-2-25-16-5-3-4-6-17(16)26(19(25)28)12-11-18(27)24-13-14-7-9-15(10-8-14)29-20(21,22)23/h3-10H,2,11-13H2,1H3,(H,24,27). The maximum Gasteiger partial charge on any atom is 0.573 e. The minimum atomic E-state index is -4.74. The Morgan fingerprint density at radius 2 is 1.66 bits per heavy atom. The van der Waals surface area contributed by atoms with Crippen molar-refractivity contribution in [1.29, 1.82) is 0 Å². The molecule has 0 atom stereocenters. The van der Waals surface area contributed by atoms with Gasteiger partial charge >= 0.3 is 12.1 Å². The van der Waals surface area contributed by atoms with E-state index >= 15 is 0 Å². The van der Waals surface area contributed by atoms with Gasteiger partial charge in [-0.3, -0.25) is 13.9 Å². The molecule has 154 valence electrons. The Balaban J connectivity index is 1.58. The van der Waals surface area contributed by atoms with Gasteiger partial charge in [-0.05, 0) is 36.8 Å². The molecule has 0 spiro atoms. The van der Waals surface area contributed by atoms with Gasteiger partial charge in [-0.25, -0.2) is 4.79 Å². The molecule has 0 radical (unpaired) electrons. The van der Waals surface area contributed by atoms with E-state index in [4.69, 9.17) is 0 Å². The lowest BCUT2D eigenvalue weighted by Crippen LogP contribution is -2.28. The molecule has 0 saturated heterocycles. The highest BCUT2D eigenvalue weighted by Crippen LogP contribution is 2.22. The Morgan fingerprint density at radius 3 is 2.24 bits per heavy atom. The molecule has 1 heterocycles. The summed E-state index contributed by atoms with van der Waals surface area (Å²) >= 11 is 0. The summed E-state index contributed by atoms with van der Waals surface area (Å²) < 4.78 is 43.5. The normalized spacial score (nSPS) is 11.6. The predicted molar refractivity (Wildman–Crippen MR) is 101 cm³/mol. The fourth-order valence-electron chi connectivity index (χ4n) is 3.11. The highest BCUT2D eigenvalue weighted by atomic mass is 19.4. The van der Waals surface area contributed by atoms with Crippen LogP contribution in [0.1, 0.15) is 18.9 Å². The van der Waals surface area contributed by atoms with Crippen LogP contribution in [0.25, 0.3) is 11.0 Å². The number of carbonyl (C=O) groups is 1. The number of benzene rings is 2. The maximum atomic E-state index is 12.5. The van der Waals surface area contributed by atoms with Crippen molar-refractivity contribution in [3.05, 3.63) is 64.6 Å². The zero-order valence-corrected chi connectivity index (χ0v) is 15.7. The molecule has 0 fully saturated rings. The molecule has 9 heteroatoms. The SMILES string of the molecule is CCn1c(=O)n(CCC(=O)NCc2ccc(OC(F)(F)F)cc2)c2ccccc21. The highest BCUT2D eigenvalue weighted by molar-refractivity contribution is 5.78. The topological polar surface area (TPSA) is 65.3 Å². The Labute approximate surface area is 164 Å². The van der Waals surface area contributed by atoms with E-state index < -0.39 is 6.36 Å². The van der Waals surface area contributed by atoms with Crippen LogP contribution in [0.3, 0.4) is 0 Å². The van der Waals surface area contributed by atoms with Crippen LogP contribution in [0.4, 0.5) is 13.2 Å². The summed E-state index contributed by atoms with van der Waals surface area (Å²) in [4.78, 5) is 24.7. The third kappa shape index (κ3) is 4.98. The van der Waals surface area contributed by atoms with Gasteiger partial charge in [0.25, 0.3) is 0 Å². The van der Waals surface area contributed by atoms with Crippen molar-refractivity contribution in [2.24, 2.45) is 0 Å². The van der Waals surface area contributed by atoms with E-state index in [9.17, 15) is 22.8 Å². The molecular formula is C20H20F3N3O3. The van der Waals surface area contributed by atoms with Gasteiger partial charge in [0.15, 0.2) is 0 Å². The molecule has 0 bridgehead atoms. The molecule has 0 aliphatic heterocycles. The smallest absolute Gasteiger partial charge is 0.406 e. The first kappa shape index (κ1) is 20.5. The summed E-state index contributed by atoms with van der Waals surface area (Å²) in [7, 11) is 0. The number of aryl methyl sites for hydroxylation is 2. The molecule has 6 nitrogen and oxygen atoms in total. The quantitative estimate of drug-likeness (QED) is 0.653. The molecule has 1 aromatic heterocycles. The van der Waals surface area contributed by atoms with E-state index in [1.165, 1.54) is 24.3 Å². The number of hydrogen-bond donors (Lipinski definition) is 1. The van der Waals surface area contributed by atoms with Crippen LogP contribution < -0.4 is 15.7 Å². The van der Waals surface area contributed by atoms with Crippen molar-refractivity contribution in [1.82, 2.24) is 14.5 Å². The van der Waals surface area contributed by atoms with Crippen LogP contribution in [0, 0.1) is 0 Å². The Hall–Kier alpha value is -3.23. The van der Waals surface area contributed by atoms with Crippen LogP contribution in [-0.2, 0) is 24.4 Å². The van der Waals surface area contributed by atoms with E-state index in [-0.39, 0.29) is 36.9 Å². The van der Waals surface area contributed by atoms with Crippen LogP contribution in [0.5, 0.6) is 5.75 Å². The van der Waals surface area contributed by atoms with E-state index in [0.717, 1.165) is 11.0 Å². The van der Waals surface area contributed by atoms with Crippen molar-refractivity contribution < 1.29 is 22.7 Å². The number of hydrogen-bond acceptors (Lipinski definition) is 3. The fourth-order valence-corrected chi connectivity index (χ4v) is 3.11. The van der Waals surface area contributed by atoms with Gasteiger partial charge in [0.05, 0.1) is 11.0 Å². The lowest BCUT2D eigenvalue weighted by atomic mass is 10.2. The summed E-state index contributed by atoms with van der Waals surface area (Å²) in [6.45, 7) is 2.82. The molecule has 0 saturated carbocycles. The molecule has 1 amide bonds. The van der Waals surface area contributed by atoms with Crippen LogP contribution in [0.2, 0.25) is 0 Å². The first-order valence-corrected chi connectivity index (χ1v) is 9.08. The third-order valence-electron chi connectivity index (χ3n) is 4.45. The second kappa shape index (κ2) is 8.42. The second-order valence-electron chi connectivity index (χ2n) is 6.39. The zero-order valence-electron chi connectivity index (χ0n) is 15.7. The lowest BCUT2D eigenvalue weighted by Gasteiger charge is -2.10. The first-order valence-electron chi connectivity index (χ1n) is 9.08. The van der Waals surface area contributed by atoms with Crippen molar-refractivity contribution >= 4 is 16.9 Å². The molecule has 0 aliphatic carbocycles. The van der Waals surface area contributed by atoms with Gasteiger partial charge in [0, 0.05) is 26.1 Å². The molecular weight excluding hydrogens is 387 g/mol.